The minimum Gasteiger partial charge on any atom is -0.450 e. The second-order valence-electron chi connectivity index (χ2n) is 6.03. The Kier molecular flexibility index (Phi) is 11.5. The monoisotopic (exact) mass is 510 g/mol. The highest BCUT2D eigenvalue weighted by molar-refractivity contribution is 14.0. The van der Waals surface area contributed by atoms with Crippen LogP contribution in [-0.2, 0) is 4.74 Å². The number of halogens is 2. The Hall–Kier alpha value is -1.23. The molecule has 3 N–H and O–H groups in total. The van der Waals surface area contributed by atoms with Crippen molar-refractivity contribution in [1.82, 2.24) is 10.2 Å². The Morgan fingerprint density at radius 3 is 2.67 bits per heavy atom. The summed E-state index contributed by atoms with van der Waals surface area (Å²) in [6.45, 7) is 4.18. The fourth-order valence-corrected chi connectivity index (χ4v) is 3.50. The van der Waals surface area contributed by atoms with Crippen LogP contribution in [0.1, 0.15) is 26.2 Å². The summed E-state index contributed by atoms with van der Waals surface area (Å²) in [5.41, 5.74) is 5.94. The third-order valence-corrected chi connectivity index (χ3v) is 5.14. The lowest BCUT2D eigenvalue weighted by Crippen LogP contribution is -2.48. The number of thioether (sulfide) groups is 1. The third kappa shape index (κ3) is 9.00. The molecule has 27 heavy (non-hydrogen) atoms. The second kappa shape index (κ2) is 13.0. The molecule has 1 aliphatic heterocycles. The van der Waals surface area contributed by atoms with Crippen LogP contribution >= 0.6 is 35.7 Å². The van der Waals surface area contributed by atoms with Crippen LogP contribution in [0.2, 0.25) is 0 Å². The molecule has 1 saturated heterocycles. The summed E-state index contributed by atoms with van der Waals surface area (Å²) in [6.07, 6.45) is 2.31. The molecule has 1 aliphatic rings. The molecule has 1 fully saturated rings. The van der Waals surface area contributed by atoms with E-state index in [1.54, 1.807) is 28.8 Å². The number of rotatable bonds is 7. The van der Waals surface area contributed by atoms with Crippen LogP contribution in [0, 0.1) is 5.82 Å². The molecule has 6 nitrogen and oxygen atoms in total. The molecule has 1 amide bonds. The maximum atomic E-state index is 12.8. The lowest BCUT2D eigenvalue weighted by atomic mass is 10.1. The first kappa shape index (κ1) is 23.8. The number of likely N-dealkylation sites (tertiary alicyclic amines) is 1. The van der Waals surface area contributed by atoms with E-state index in [4.69, 9.17) is 10.5 Å². The number of nitrogens with zero attached hydrogens (tertiary/aromatic N) is 2. The molecule has 0 saturated carbocycles. The average Bonchev–Trinajstić information content (AvgIpc) is 2.64. The summed E-state index contributed by atoms with van der Waals surface area (Å²) in [5, 5.41) is 3.23. The van der Waals surface area contributed by atoms with Crippen LogP contribution in [-0.4, -0.2) is 55.0 Å². The molecule has 0 atom stereocenters. The molecule has 0 aliphatic carbocycles. The van der Waals surface area contributed by atoms with Crippen molar-refractivity contribution in [2.45, 2.75) is 37.1 Å². The van der Waals surface area contributed by atoms with Gasteiger partial charge in [-0.1, -0.05) is 0 Å². The van der Waals surface area contributed by atoms with Gasteiger partial charge in [-0.2, -0.15) is 0 Å². The Bertz CT molecular complexity index is 596. The number of aliphatic imine (C=N–C) groups is 1. The van der Waals surface area contributed by atoms with Crippen molar-refractivity contribution >= 4 is 47.8 Å². The quantitative estimate of drug-likeness (QED) is 0.193. The standard InChI is InChI=1S/C18H27FN4O2S.HI/c1-2-25-18(24)23-11-8-15(9-12-23)22-17(20)21-10-3-13-26-16-6-4-14(19)5-7-16;/h4-7,15H,2-3,8-13H2,1H3,(H3,20,21,22);1H. The van der Waals surface area contributed by atoms with Crippen LogP contribution in [0.3, 0.4) is 0 Å². The Balaban J connectivity index is 0.00000364. The summed E-state index contributed by atoms with van der Waals surface area (Å²) in [7, 11) is 0. The average molecular weight is 510 g/mol. The summed E-state index contributed by atoms with van der Waals surface area (Å²) < 4.78 is 17.8. The van der Waals surface area contributed by atoms with Gasteiger partial charge < -0.3 is 20.7 Å². The van der Waals surface area contributed by atoms with Crippen molar-refractivity contribution in [1.29, 1.82) is 0 Å². The number of hydrogen-bond donors (Lipinski definition) is 2. The number of nitrogens with one attached hydrogen (secondary N) is 1. The van der Waals surface area contributed by atoms with Crippen LogP contribution < -0.4 is 11.1 Å². The first-order chi connectivity index (χ1) is 12.6. The van der Waals surface area contributed by atoms with Crippen LogP contribution in [0.25, 0.3) is 0 Å². The minimum atomic E-state index is -0.244. The fourth-order valence-electron chi connectivity index (χ4n) is 2.66. The van der Waals surface area contributed by atoms with Gasteiger partial charge in [0.2, 0.25) is 0 Å². The van der Waals surface area contributed by atoms with Crippen molar-refractivity contribution < 1.29 is 13.9 Å². The van der Waals surface area contributed by atoms with Gasteiger partial charge in [0.05, 0.1) is 6.61 Å². The van der Waals surface area contributed by atoms with Crippen LogP contribution in [0.4, 0.5) is 9.18 Å². The predicted octanol–water partition coefficient (Wildman–Crippen LogP) is 3.45. The number of ether oxygens (including phenoxy) is 1. The fraction of sp³-hybridized carbons (Fsp3) is 0.556. The van der Waals surface area contributed by atoms with E-state index >= 15 is 0 Å². The number of nitrogens with two attached hydrogens (primary N) is 1. The van der Waals surface area contributed by atoms with E-state index in [0.29, 0.717) is 32.2 Å². The van der Waals surface area contributed by atoms with Gasteiger partial charge in [0.25, 0.3) is 0 Å². The lowest BCUT2D eigenvalue weighted by Gasteiger charge is -2.31. The molecule has 152 valence electrons. The van der Waals surface area contributed by atoms with Gasteiger partial charge in [0.1, 0.15) is 5.82 Å². The molecular formula is C18H28FIN4O2S. The smallest absolute Gasteiger partial charge is 0.409 e. The molecule has 9 heteroatoms. The largest absolute Gasteiger partial charge is 0.450 e. The molecule has 0 radical (unpaired) electrons. The minimum absolute atomic E-state index is 0. The van der Waals surface area contributed by atoms with Crippen LogP contribution in [0.5, 0.6) is 0 Å². The van der Waals surface area contributed by atoms with E-state index in [1.807, 2.05) is 6.92 Å². The number of carbonyl (C=O) groups excluding carboxylic acids is 1. The Morgan fingerprint density at radius 2 is 2.04 bits per heavy atom. The number of guanidine groups is 1. The highest BCUT2D eigenvalue weighted by Gasteiger charge is 2.23. The number of carbonyl (C=O) groups is 1. The zero-order valence-corrected chi connectivity index (χ0v) is 18.7. The topological polar surface area (TPSA) is 80.0 Å². The molecule has 0 unspecified atom stereocenters. The summed E-state index contributed by atoms with van der Waals surface area (Å²) in [6, 6.07) is 6.73. The normalized spacial score (nSPS) is 15.2. The van der Waals surface area contributed by atoms with E-state index < -0.39 is 0 Å². The summed E-state index contributed by atoms with van der Waals surface area (Å²) >= 11 is 1.68. The number of amides is 1. The van der Waals surface area contributed by atoms with Gasteiger partial charge in [-0.05, 0) is 56.2 Å². The van der Waals surface area contributed by atoms with Gasteiger partial charge in [0, 0.05) is 30.6 Å². The van der Waals surface area contributed by atoms with Gasteiger partial charge >= 0.3 is 6.09 Å². The molecule has 0 aromatic heterocycles. The van der Waals surface area contributed by atoms with Gasteiger partial charge in [-0.15, -0.1) is 35.7 Å². The predicted molar refractivity (Wildman–Crippen MR) is 118 cm³/mol. The molecule has 1 heterocycles. The van der Waals surface area contributed by atoms with Gasteiger partial charge in [0.15, 0.2) is 5.96 Å². The molecule has 1 aromatic carbocycles. The highest BCUT2D eigenvalue weighted by atomic mass is 127. The first-order valence-electron chi connectivity index (χ1n) is 8.95. The van der Waals surface area contributed by atoms with E-state index in [0.717, 1.165) is 29.9 Å². The van der Waals surface area contributed by atoms with Crippen molar-refractivity contribution in [3.8, 4) is 0 Å². The summed E-state index contributed by atoms with van der Waals surface area (Å²) in [5.74, 6) is 1.14. The highest BCUT2D eigenvalue weighted by Crippen LogP contribution is 2.18. The maximum Gasteiger partial charge on any atom is 0.409 e. The van der Waals surface area contributed by atoms with E-state index in [9.17, 15) is 9.18 Å². The van der Waals surface area contributed by atoms with Crippen molar-refractivity contribution in [2.24, 2.45) is 10.7 Å². The van der Waals surface area contributed by atoms with Gasteiger partial charge in [-0.25, -0.2) is 9.18 Å². The van der Waals surface area contributed by atoms with E-state index in [-0.39, 0.29) is 41.9 Å². The van der Waals surface area contributed by atoms with Crippen molar-refractivity contribution in [3.05, 3.63) is 30.1 Å². The molecule has 0 bridgehead atoms. The zero-order chi connectivity index (χ0) is 18.8. The Labute approximate surface area is 181 Å². The molecule has 0 spiro atoms. The number of hydrogen-bond acceptors (Lipinski definition) is 4. The lowest BCUT2D eigenvalue weighted by molar-refractivity contribution is 0.0963. The van der Waals surface area contributed by atoms with E-state index in [1.165, 1.54) is 12.1 Å². The maximum absolute atomic E-state index is 12.8. The SMILES string of the molecule is CCOC(=O)N1CCC(NC(N)=NCCCSc2ccc(F)cc2)CC1.I. The molecule has 2 rings (SSSR count). The Morgan fingerprint density at radius 1 is 1.37 bits per heavy atom. The number of piperidine rings is 1. The van der Waals surface area contributed by atoms with E-state index in [2.05, 4.69) is 10.3 Å². The second-order valence-corrected chi connectivity index (χ2v) is 7.20. The van der Waals surface area contributed by atoms with Gasteiger partial charge in [-0.3, -0.25) is 4.99 Å². The molecule has 1 aromatic rings. The summed E-state index contributed by atoms with van der Waals surface area (Å²) in [4.78, 5) is 18.8. The number of benzene rings is 1. The van der Waals surface area contributed by atoms with Crippen molar-refractivity contribution in [3.63, 3.8) is 0 Å². The first-order valence-corrected chi connectivity index (χ1v) is 9.93. The third-order valence-electron chi connectivity index (χ3n) is 4.04. The molecular weight excluding hydrogens is 482 g/mol. The van der Waals surface area contributed by atoms with Crippen LogP contribution in [0.15, 0.2) is 34.2 Å². The van der Waals surface area contributed by atoms with Crippen molar-refractivity contribution in [2.75, 3.05) is 32.0 Å². The zero-order valence-electron chi connectivity index (χ0n) is 15.5.